The van der Waals surface area contributed by atoms with Crippen molar-refractivity contribution in [1.82, 2.24) is 5.32 Å². The Morgan fingerprint density at radius 2 is 2.11 bits per heavy atom. The monoisotopic (exact) mass is 267 g/mol. The minimum Gasteiger partial charge on any atom is -0.496 e. The standard InChI is InChI=1S/C13H17NO5/c1-8-3-4-9(5-11(8)19-2)6-12(16)14-10(7-15)13(17)18/h3-5,10,15H,6-7H2,1-2H3,(H,14,16)(H,17,18)/t10-/m0/s1. The molecule has 0 aliphatic carbocycles. The highest BCUT2D eigenvalue weighted by molar-refractivity contribution is 5.85. The summed E-state index contributed by atoms with van der Waals surface area (Å²) in [6.07, 6.45) is 0.0282. The molecule has 0 spiro atoms. The highest BCUT2D eigenvalue weighted by atomic mass is 16.5. The number of ether oxygens (including phenoxy) is 1. The molecule has 0 unspecified atom stereocenters. The minimum absolute atomic E-state index is 0.0282. The van der Waals surface area contributed by atoms with E-state index in [0.717, 1.165) is 5.56 Å². The summed E-state index contributed by atoms with van der Waals surface area (Å²) in [6.45, 7) is 1.24. The molecule has 1 amide bonds. The van der Waals surface area contributed by atoms with Gasteiger partial charge in [-0.3, -0.25) is 4.79 Å². The number of carboxylic acids is 1. The van der Waals surface area contributed by atoms with Crippen molar-refractivity contribution in [2.45, 2.75) is 19.4 Å². The third-order valence-electron chi connectivity index (χ3n) is 2.65. The average molecular weight is 267 g/mol. The number of amides is 1. The van der Waals surface area contributed by atoms with Gasteiger partial charge in [-0.05, 0) is 24.1 Å². The number of aryl methyl sites for hydroxylation is 1. The summed E-state index contributed by atoms with van der Waals surface area (Å²) >= 11 is 0. The Morgan fingerprint density at radius 1 is 1.42 bits per heavy atom. The van der Waals surface area contributed by atoms with Gasteiger partial charge in [-0.1, -0.05) is 12.1 Å². The number of carboxylic acid groups (broad SMARTS) is 1. The molecule has 1 atom stereocenters. The quantitative estimate of drug-likeness (QED) is 0.679. The van der Waals surface area contributed by atoms with Crippen molar-refractivity contribution >= 4 is 11.9 Å². The van der Waals surface area contributed by atoms with E-state index in [4.69, 9.17) is 14.9 Å². The van der Waals surface area contributed by atoms with E-state index in [1.165, 1.54) is 0 Å². The molecule has 6 heteroatoms. The van der Waals surface area contributed by atoms with Gasteiger partial charge in [0, 0.05) is 0 Å². The van der Waals surface area contributed by atoms with E-state index < -0.39 is 24.5 Å². The second-order valence-electron chi connectivity index (χ2n) is 4.12. The number of hydrogen-bond acceptors (Lipinski definition) is 4. The fourth-order valence-corrected chi connectivity index (χ4v) is 1.59. The van der Waals surface area contributed by atoms with Crippen LogP contribution < -0.4 is 10.1 Å². The zero-order valence-corrected chi connectivity index (χ0v) is 10.8. The van der Waals surface area contributed by atoms with Gasteiger partial charge in [0.2, 0.25) is 5.91 Å². The molecule has 0 saturated carbocycles. The van der Waals surface area contributed by atoms with E-state index in [-0.39, 0.29) is 6.42 Å². The molecule has 0 heterocycles. The van der Waals surface area contributed by atoms with Gasteiger partial charge in [0.25, 0.3) is 0 Å². The second kappa shape index (κ2) is 6.75. The number of nitrogens with one attached hydrogen (secondary N) is 1. The van der Waals surface area contributed by atoms with Crippen LogP contribution in [0.4, 0.5) is 0 Å². The maximum absolute atomic E-state index is 11.6. The van der Waals surface area contributed by atoms with E-state index in [9.17, 15) is 9.59 Å². The third kappa shape index (κ3) is 4.26. The van der Waals surface area contributed by atoms with E-state index in [1.54, 1.807) is 19.2 Å². The van der Waals surface area contributed by atoms with Crippen LogP contribution in [0, 0.1) is 6.92 Å². The van der Waals surface area contributed by atoms with Gasteiger partial charge < -0.3 is 20.3 Å². The van der Waals surface area contributed by atoms with Crippen LogP contribution in [0.1, 0.15) is 11.1 Å². The van der Waals surface area contributed by atoms with Crippen molar-refractivity contribution in [3.05, 3.63) is 29.3 Å². The predicted molar refractivity (Wildman–Crippen MR) is 68.1 cm³/mol. The van der Waals surface area contributed by atoms with Crippen molar-refractivity contribution in [2.75, 3.05) is 13.7 Å². The number of hydrogen-bond donors (Lipinski definition) is 3. The molecule has 0 radical (unpaired) electrons. The Labute approximate surface area is 111 Å². The van der Waals surface area contributed by atoms with Crippen LogP contribution in [-0.4, -0.2) is 41.8 Å². The molecule has 19 heavy (non-hydrogen) atoms. The van der Waals surface area contributed by atoms with Crippen LogP contribution in [0.3, 0.4) is 0 Å². The number of methoxy groups -OCH3 is 1. The first-order chi connectivity index (χ1) is 8.97. The van der Waals surface area contributed by atoms with Gasteiger partial charge in [-0.25, -0.2) is 4.79 Å². The maximum atomic E-state index is 11.6. The smallest absolute Gasteiger partial charge is 0.328 e. The van der Waals surface area contributed by atoms with Crippen molar-refractivity contribution in [1.29, 1.82) is 0 Å². The zero-order chi connectivity index (χ0) is 14.4. The first kappa shape index (κ1) is 15.0. The van der Waals surface area contributed by atoms with Crippen molar-refractivity contribution in [3.8, 4) is 5.75 Å². The minimum atomic E-state index is -1.28. The molecule has 1 rings (SSSR count). The molecule has 0 bridgehead atoms. The fourth-order valence-electron chi connectivity index (χ4n) is 1.59. The second-order valence-corrected chi connectivity index (χ2v) is 4.12. The maximum Gasteiger partial charge on any atom is 0.328 e. The molecule has 0 aromatic heterocycles. The fraction of sp³-hybridized carbons (Fsp3) is 0.385. The van der Waals surface area contributed by atoms with Crippen molar-refractivity contribution < 1.29 is 24.5 Å². The number of carbonyl (C=O) groups is 2. The van der Waals surface area contributed by atoms with Crippen LogP contribution in [0.5, 0.6) is 5.75 Å². The first-order valence-corrected chi connectivity index (χ1v) is 5.74. The van der Waals surface area contributed by atoms with Crippen LogP contribution in [0.15, 0.2) is 18.2 Å². The molecule has 0 fully saturated rings. The number of aliphatic hydroxyl groups is 1. The van der Waals surface area contributed by atoms with Gasteiger partial charge in [0.05, 0.1) is 20.1 Å². The Kier molecular flexibility index (Phi) is 5.32. The van der Waals surface area contributed by atoms with E-state index in [0.29, 0.717) is 11.3 Å². The Hall–Kier alpha value is -2.08. The summed E-state index contributed by atoms with van der Waals surface area (Å²) in [7, 11) is 1.54. The third-order valence-corrected chi connectivity index (χ3v) is 2.65. The lowest BCUT2D eigenvalue weighted by molar-refractivity contribution is -0.142. The normalized spacial score (nSPS) is 11.7. The predicted octanol–water partition coefficient (Wildman–Crippen LogP) is 0.108. The lowest BCUT2D eigenvalue weighted by atomic mass is 10.1. The summed E-state index contributed by atoms with van der Waals surface area (Å²) in [5.41, 5.74) is 1.66. The number of aliphatic carboxylic acids is 1. The van der Waals surface area contributed by atoms with Gasteiger partial charge in [0.1, 0.15) is 11.8 Å². The molecule has 1 aromatic carbocycles. The first-order valence-electron chi connectivity index (χ1n) is 5.74. The lowest BCUT2D eigenvalue weighted by Gasteiger charge is -2.12. The Bertz CT molecular complexity index is 472. The molecule has 3 N–H and O–H groups in total. The van der Waals surface area contributed by atoms with Gasteiger partial charge in [0.15, 0.2) is 0 Å². The zero-order valence-electron chi connectivity index (χ0n) is 10.8. The molecule has 6 nitrogen and oxygen atoms in total. The number of rotatable bonds is 6. The highest BCUT2D eigenvalue weighted by Gasteiger charge is 2.18. The summed E-state index contributed by atoms with van der Waals surface area (Å²) in [6, 6.07) is 4.04. The molecular weight excluding hydrogens is 250 g/mol. The van der Waals surface area contributed by atoms with Crippen LogP contribution >= 0.6 is 0 Å². The molecule has 1 aromatic rings. The van der Waals surface area contributed by atoms with Gasteiger partial charge in [-0.2, -0.15) is 0 Å². The van der Waals surface area contributed by atoms with Crippen molar-refractivity contribution in [3.63, 3.8) is 0 Å². The van der Waals surface area contributed by atoms with Gasteiger partial charge >= 0.3 is 5.97 Å². The molecule has 104 valence electrons. The Balaban J connectivity index is 2.69. The number of benzene rings is 1. The number of carbonyl (C=O) groups excluding carboxylic acids is 1. The summed E-state index contributed by atoms with van der Waals surface area (Å²) in [5, 5.41) is 19.8. The van der Waals surface area contributed by atoms with E-state index in [1.807, 2.05) is 13.0 Å². The van der Waals surface area contributed by atoms with Crippen molar-refractivity contribution in [2.24, 2.45) is 0 Å². The summed E-state index contributed by atoms with van der Waals surface area (Å²) < 4.78 is 5.14. The van der Waals surface area contributed by atoms with Crippen LogP contribution in [0.2, 0.25) is 0 Å². The van der Waals surface area contributed by atoms with Crippen LogP contribution in [-0.2, 0) is 16.0 Å². The summed E-state index contributed by atoms with van der Waals surface area (Å²) in [4.78, 5) is 22.3. The number of aliphatic hydroxyl groups excluding tert-OH is 1. The molecule has 0 saturated heterocycles. The SMILES string of the molecule is COc1cc(CC(=O)N[C@@H](CO)C(=O)O)ccc1C. The lowest BCUT2D eigenvalue weighted by Crippen LogP contribution is -2.43. The molecule has 0 aliphatic rings. The topological polar surface area (TPSA) is 95.9 Å². The molecular formula is C13H17NO5. The van der Waals surface area contributed by atoms with E-state index >= 15 is 0 Å². The average Bonchev–Trinajstić information content (AvgIpc) is 2.37. The molecule has 0 aliphatic heterocycles. The van der Waals surface area contributed by atoms with Gasteiger partial charge in [-0.15, -0.1) is 0 Å². The van der Waals surface area contributed by atoms with Crippen LogP contribution in [0.25, 0.3) is 0 Å². The highest BCUT2D eigenvalue weighted by Crippen LogP contribution is 2.19. The summed E-state index contributed by atoms with van der Waals surface area (Å²) in [5.74, 6) is -1.06. The van der Waals surface area contributed by atoms with E-state index in [2.05, 4.69) is 5.32 Å². The largest absolute Gasteiger partial charge is 0.496 e. The Morgan fingerprint density at radius 3 is 2.63 bits per heavy atom.